The summed E-state index contributed by atoms with van der Waals surface area (Å²) >= 11 is 0. The Morgan fingerprint density at radius 2 is 1.77 bits per heavy atom. The second-order valence-electron chi connectivity index (χ2n) is 7.77. The molecule has 1 saturated heterocycles. The highest BCUT2D eigenvalue weighted by Crippen LogP contribution is 2.40. The molecule has 7 nitrogen and oxygen atoms in total. The van der Waals surface area contributed by atoms with E-state index in [0.717, 1.165) is 24.4 Å². The van der Waals surface area contributed by atoms with E-state index in [1.807, 2.05) is 18.2 Å². The van der Waals surface area contributed by atoms with Gasteiger partial charge in [-0.25, -0.2) is 0 Å². The van der Waals surface area contributed by atoms with Crippen LogP contribution in [0.5, 0.6) is 23.0 Å². The van der Waals surface area contributed by atoms with Gasteiger partial charge in [-0.1, -0.05) is 24.6 Å². The number of hydrogen-bond donors (Lipinski definition) is 1. The number of methoxy groups -OCH3 is 2. The van der Waals surface area contributed by atoms with E-state index in [4.69, 9.17) is 18.9 Å². The summed E-state index contributed by atoms with van der Waals surface area (Å²) in [4.78, 5) is 15.5. The number of rotatable bonds is 7. The molecule has 0 aliphatic carbocycles. The van der Waals surface area contributed by atoms with Gasteiger partial charge in [0.15, 0.2) is 11.5 Å². The van der Waals surface area contributed by atoms with Crippen molar-refractivity contribution in [2.24, 2.45) is 0 Å². The van der Waals surface area contributed by atoms with Gasteiger partial charge in [-0.15, -0.1) is 0 Å². The summed E-state index contributed by atoms with van der Waals surface area (Å²) in [5, 5.41) is 3.12. The molecule has 1 unspecified atom stereocenters. The summed E-state index contributed by atoms with van der Waals surface area (Å²) in [6.07, 6.45) is 3.58. The molecule has 0 aromatic heterocycles. The van der Waals surface area contributed by atoms with Crippen molar-refractivity contribution in [3.05, 3.63) is 47.5 Å². The third kappa shape index (κ3) is 4.71. The van der Waals surface area contributed by atoms with Gasteiger partial charge >= 0.3 is 0 Å². The third-order valence-electron chi connectivity index (χ3n) is 5.88. The largest absolute Gasteiger partial charge is 0.496 e. The highest BCUT2D eigenvalue weighted by atomic mass is 16.6. The van der Waals surface area contributed by atoms with Gasteiger partial charge < -0.3 is 24.3 Å². The number of nitrogens with zero attached hydrogens (tertiary/aromatic N) is 1. The summed E-state index contributed by atoms with van der Waals surface area (Å²) in [5.41, 5.74) is 1.57. The van der Waals surface area contributed by atoms with Crippen LogP contribution in [0.25, 0.3) is 0 Å². The molecule has 2 aliphatic rings. The molecule has 2 aromatic rings. The number of amides is 1. The molecule has 1 amide bonds. The average Bonchev–Trinajstić information content (AvgIpc) is 2.84. The lowest BCUT2D eigenvalue weighted by Crippen LogP contribution is -2.40. The van der Waals surface area contributed by atoms with Crippen molar-refractivity contribution < 1.29 is 23.7 Å². The van der Waals surface area contributed by atoms with Crippen molar-refractivity contribution in [1.29, 1.82) is 0 Å². The molecule has 4 rings (SSSR count). The molecule has 7 heteroatoms. The first-order valence-electron chi connectivity index (χ1n) is 10.8. The molecular weight excluding hydrogens is 396 g/mol. The first-order valence-corrected chi connectivity index (χ1v) is 10.8. The molecule has 0 saturated carbocycles. The van der Waals surface area contributed by atoms with Gasteiger partial charge in [-0.2, -0.15) is 0 Å². The average molecular weight is 427 g/mol. The summed E-state index contributed by atoms with van der Waals surface area (Å²) in [6, 6.07) is 11.5. The Kier molecular flexibility index (Phi) is 6.82. The number of likely N-dealkylation sites (tertiary alicyclic amines) is 1. The molecule has 1 N–H and O–H groups in total. The van der Waals surface area contributed by atoms with Crippen molar-refractivity contribution in [3.8, 4) is 23.0 Å². The van der Waals surface area contributed by atoms with Crippen LogP contribution in [0.1, 0.15) is 41.2 Å². The van der Waals surface area contributed by atoms with Crippen LogP contribution >= 0.6 is 0 Å². The Morgan fingerprint density at radius 1 is 1.03 bits per heavy atom. The molecule has 0 bridgehead atoms. The molecular formula is C24H30N2O5. The minimum atomic E-state index is -0.174. The molecule has 2 heterocycles. The zero-order chi connectivity index (χ0) is 21.6. The smallest absolute Gasteiger partial charge is 0.251 e. The summed E-state index contributed by atoms with van der Waals surface area (Å²) in [6.45, 7) is 3.42. The maximum Gasteiger partial charge on any atom is 0.251 e. The predicted molar refractivity (Wildman–Crippen MR) is 117 cm³/mol. The van der Waals surface area contributed by atoms with Crippen LogP contribution in [0.3, 0.4) is 0 Å². The van der Waals surface area contributed by atoms with E-state index in [1.54, 1.807) is 26.4 Å². The first kappa shape index (κ1) is 21.3. The van der Waals surface area contributed by atoms with Gasteiger partial charge in [-0.3, -0.25) is 9.69 Å². The maximum absolute atomic E-state index is 13.1. The van der Waals surface area contributed by atoms with Crippen molar-refractivity contribution >= 4 is 5.91 Å². The summed E-state index contributed by atoms with van der Waals surface area (Å²) in [5.74, 6) is 2.25. The molecule has 0 radical (unpaired) electrons. The van der Waals surface area contributed by atoms with Crippen LogP contribution in [0.2, 0.25) is 0 Å². The molecule has 2 aliphatic heterocycles. The maximum atomic E-state index is 13.1. The van der Waals surface area contributed by atoms with Gasteiger partial charge in [0.2, 0.25) is 5.75 Å². The summed E-state index contributed by atoms with van der Waals surface area (Å²) in [7, 11) is 3.25. The van der Waals surface area contributed by atoms with E-state index in [9.17, 15) is 4.79 Å². The van der Waals surface area contributed by atoms with Crippen LogP contribution < -0.4 is 24.3 Å². The van der Waals surface area contributed by atoms with E-state index < -0.39 is 0 Å². The molecule has 166 valence electrons. The van der Waals surface area contributed by atoms with Gasteiger partial charge in [0, 0.05) is 17.7 Å². The zero-order valence-corrected chi connectivity index (χ0v) is 18.2. The lowest BCUT2D eigenvalue weighted by Gasteiger charge is -2.35. The second-order valence-corrected chi connectivity index (χ2v) is 7.77. The number of fused-ring (bicyclic) bond motifs is 1. The fourth-order valence-electron chi connectivity index (χ4n) is 4.30. The number of nitrogens with one attached hydrogen (secondary N) is 1. The summed E-state index contributed by atoms with van der Waals surface area (Å²) < 4.78 is 22.3. The Bertz CT molecular complexity index is 894. The molecule has 31 heavy (non-hydrogen) atoms. The fraction of sp³-hybridized carbons (Fsp3) is 0.458. The third-order valence-corrected chi connectivity index (χ3v) is 5.88. The monoisotopic (exact) mass is 426 g/mol. The van der Waals surface area contributed by atoms with Gasteiger partial charge in [0.05, 0.1) is 20.3 Å². The van der Waals surface area contributed by atoms with E-state index in [0.29, 0.717) is 42.6 Å². The van der Waals surface area contributed by atoms with Crippen molar-refractivity contribution in [1.82, 2.24) is 10.2 Å². The number of benzene rings is 2. The first-order chi connectivity index (χ1) is 15.2. The van der Waals surface area contributed by atoms with E-state index >= 15 is 0 Å². The van der Waals surface area contributed by atoms with Crippen LogP contribution in [-0.4, -0.2) is 57.9 Å². The molecule has 1 atom stereocenters. The number of para-hydroxylation sites is 1. The number of ether oxygens (including phenoxy) is 4. The number of carbonyl (C=O) groups is 1. The topological polar surface area (TPSA) is 69.3 Å². The normalized spacial score (nSPS) is 17.0. The number of piperidine rings is 1. The molecule has 1 fully saturated rings. The highest BCUT2D eigenvalue weighted by molar-refractivity contribution is 5.95. The fourth-order valence-corrected chi connectivity index (χ4v) is 4.30. The van der Waals surface area contributed by atoms with Gasteiger partial charge in [0.1, 0.15) is 19.0 Å². The van der Waals surface area contributed by atoms with E-state index in [1.165, 1.54) is 19.3 Å². The van der Waals surface area contributed by atoms with Crippen molar-refractivity contribution in [3.63, 3.8) is 0 Å². The Labute approximate surface area is 183 Å². The van der Waals surface area contributed by atoms with E-state index in [2.05, 4.69) is 16.3 Å². The van der Waals surface area contributed by atoms with Gasteiger partial charge in [0.25, 0.3) is 5.91 Å². The SMILES string of the molecule is COc1ccccc1C(CNC(=O)c1cc(OC)c2c(c1)OCCO2)N1CCCCC1. The molecule has 2 aromatic carbocycles. The van der Waals surface area contributed by atoms with Crippen LogP contribution in [0.15, 0.2) is 36.4 Å². The lowest BCUT2D eigenvalue weighted by atomic mass is 10.0. The quantitative estimate of drug-likeness (QED) is 0.732. The van der Waals surface area contributed by atoms with Crippen molar-refractivity contribution in [2.75, 3.05) is 47.1 Å². The minimum Gasteiger partial charge on any atom is -0.496 e. The van der Waals surface area contributed by atoms with E-state index in [-0.39, 0.29) is 11.9 Å². The van der Waals surface area contributed by atoms with Crippen LogP contribution in [0.4, 0.5) is 0 Å². The second kappa shape index (κ2) is 9.92. The van der Waals surface area contributed by atoms with Crippen molar-refractivity contribution in [2.45, 2.75) is 25.3 Å². The van der Waals surface area contributed by atoms with Crippen LogP contribution in [-0.2, 0) is 0 Å². The van der Waals surface area contributed by atoms with Gasteiger partial charge in [-0.05, 0) is 44.1 Å². The number of carbonyl (C=O) groups excluding carboxylic acids is 1. The van der Waals surface area contributed by atoms with Crippen LogP contribution in [0, 0.1) is 0 Å². The standard InChI is InChI=1S/C24H30N2O5/c1-28-20-9-5-4-8-18(20)19(26-10-6-3-7-11-26)16-25-24(27)17-14-21(29-2)23-22(15-17)30-12-13-31-23/h4-5,8-9,14-15,19H,3,6-7,10-13,16H2,1-2H3,(H,25,27). The predicted octanol–water partition coefficient (Wildman–Crippen LogP) is 3.43. The highest BCUT2D eigenvalue weighted by Gasteiger charge is 2.26. The molecule has 0 spiro atoms. The minimum absolute atomic E-state index is 0.0412. The zero-order valence-electron chi connectivity index (χ0n) is 18.2. The number of hydrogen-bond acceptors (Lipinski definition) is 6. The Balaban J connectivity index is 1.55. The Hall–Kier alpha value is -2.93. The lowest BCUT2D eigenvalue weighted by molar-refractivity contribution is 0.0921. The Morgan fingerprint density at radius 3 is 2.55 bits per heavy atom.